The zero-order valence-corrected chi connectivity index (χ0v) is 11.0. The Bertz CT molecular complexity index is 504. The lowest BCUT2D eigenvalue weighted by Crippen LogP contribution is -1.80. The molecule has 1 aromatic heterocycles. The topological polar surface area (TPSA) is 0 Å². The maximum atomic E-state index is 2.28. The van der Waals surface area contributed by atoms with Gasteiger partial charge in [0, 0.05) is 9.75 Å². The summed E-state index contributed by atoms with van der Waals surface area (Å²) in [6.45, 7) is 4.44. The quantitative estimate of drug-likeness (QED) is 0.592. The molecule has 0 N–H and O–H groups in total. The lowest BCUT2D eigenvalue weighted by Gasteiger charge is -1.96. The summed E-state index contributed by atoms with van der Waals surface area (Å²) in [6.07, 6.45) is 18.2. The van der Waals surface area contributed by atoms with Gasteiger partial charge < -0.3 is 0 Å². The molecule has 0 saturated heterocycles. The molecule has 0 spiro atoms. The van der Waals surface area contributed by atoms with Crippen LogP contribution in [0.2, 0.25) is 0 Å². The van der Waals surface area contributed by atoms with Crippen molar-refractivity contribution < 1.29 is 0 Å². The first-order valence-corrected chi connectivity index (χ1v) is 6.95. The van der Waals surface area contributed by atoms with Crippen LogP contribution in [0.25, 0.3) is 24.3 Å². The van der Waals surface area contributed by atoms with E-state index in [1.165, 1.54) is 20.9 Å². The van der Waals surface area contributed by atoms with Gasteiger partial charge in [0.1, 0.15) is 0 Å². The first kappa shape index (κ1) is 10.8. The second kappa shape index (κ2) is 4.15. The second-order valence-corrected chi connectivity index (χ2v) is 5.90. The van der Waals surface area contributed by atoms with E-state index in [2.05, 4.69) is 62.5 Å². The van der Waals surface area contributed by atoms with E-state index in [9.17, 15) is 0 Å². The van der Waals surface area contributed by atoms with E-state index in [-0.39, 0.29) is 0 Å². The third kappa shape index (κ3) is 1.96. The van der Waals surface area contributed by atoms with E-state index >= 15 is 0 Å². The van der Waals surface area contributed by atoms with Crippen LogP contribution in [0.5, 0.6) is 0 Å². The van der Waals surface area contributed by atoms with Gasteiger partial charge in [-0.2, -0.15) is 0 Å². The minimum absolute atomic E-state index is 0.537. The number of hydrogen-bond donors (Lipinski definition) is 0. The molecule has 2 atom stereocenters. The Morgan fingerprint density at radius 2 is 1.12 bits per heavy atom. The highest BCUT2D eigenvalue weighted by molar-refractivity contribution is 7.14. The Morgan fingerprint density at radius 1 is 0.706 bits per heavy atom. The van der Waals surface area contributed by atoms with Crippen molar-refractivity contribution >= 4 is 35.6 Å². The SMILES string of the molecule is C[C@@H]1C=Cc2sc3c(c2C=C1)C=C[C@@H](C)C=C3. The summed E-state index contributed by atoms with van der Waals surface area (Å²) in [7, 11) is 0. The molecule has 0 fully saturated rings. The van der Waals surface area contributed by atoms with Crippen LogP contribution in [-0.4, -0.2) is 0 Å². The molecule has 0 unspecified atom stereocenters. The summed E-state index contributed by atoms with van der Waals surface area (Å²) < 4.78 is 0. The Labute approximate surface area is 107 Å². The molecule has 0 saturated carbocycles. The molecule has 0 radical (unpaired) electrons. The van der Waals surface area contributed by atoms with E-state index in [0.717, 1.165) is 0 Å². The van der Waals surface area contributed by atoms with Gasteiger partial charge in [0.05, 0.1) is 0 Å². The van der Waals surface area contributed by atoms with E-state index in [1.54, 1.807) is 0 Å². The number of fused-ring (bicyclic) bond motifs is 3. The maximum absolute atomic E-state index is 2.28. The van der Waals surface area contributed by atoms with E-state index in [1.807, 2.05) is 11.3 Å². The van der Waals surface area contributed by atoms with Gasteiger partial charge in [0.2, 0.25) is 0 Å². The van der Waals surface area contributed by atoms with Crippen molar-refractivity contribution in [2.24, 2.45) is 11.8 Å². The minimum Gasteiger partial charge on any atom is -0.135 e. The molecule has 0 amide bonds. The molecule has 0 aliphatic heterocycles. The van der Waals surface area contributed by atoms with Crippen LogP contribution in [0.1, 0.15) is 34.7 Å². The fraction of sp³-hybridized carbons (Fsp3) is 0.250. The Morgan fingerprint density at radius 3 is 1.59 bits per heavy atom. The zero-order valence-electron chi connectivity index (χ0n) is 10.2. The lowest BCUT2D eigenvalue weighted by molar-refractivity contribution is 0.953. The van der Waals surface area contributed by atoms with E-state index in [4.69, 9.17) is 0 Å². The lowest BCUT2D eigenvalue weighted by atomic mass is 10.1. The average Bonchev–Trinajstić information content (AvgIpc) is 2.44. The number of rotatable bonds is 0. The zero-order chi connectivity index (χ0) is 11.8. The van der Waals surface area contributed by atoms with Gasteiger partial charge in [-0.1, -0.05) is 50.3 Å². The van der Waals surface area contributed by atoms with Crippen LogP contribution < -0.4 is 0 Å². The Kier molecular flexibility index (Phi) is 2.64. The number of hydrogen-bond acceptors (Lipinski definition) is 1. The molecule has 0 aromatic carbocycles. The normalized spacial score (nSPS) is 25.3. The summed E-state index contributed by atoms with van der Waals surface area (Å²) in [4.78, 5) is 2.78. The highest BCUT2D eigenvalue weighted by atomic mass is 32.1. The molecule has 0 nitrogen and oxygen atoms in total. The number of thiophene rings is 1. The third-order valence-electron chi connectivity index (χ3n) is 3.28. The highest BCUT2D eigenvalue weighted by Gasteiger charge is 2.14. The van der Waals surface area contributed by atoms with Crippen LogP contribution in [0.3, 0.4) is 0 Å². The standard InChI is InChI=1S/C16H16S/c1-11-3-7-13-14-8-4-12(2)6-10-16(14)17-15(13)9-5-11/h3-12H,1-2H3/t11-,12+. The first-order chi connectivity index (χ1) is 8.24. The van der Waals surface area contributed by atoms with Gasteiger partial charge in [-0.15, -0.1) is 11.3 Å². The summed E-state index contributed by atoms with van der Waals surface area (Å²) in [5.74, 6) is 1.07. The molecule has 17 heavy (non-hydrogen) atoms. The van der Waals surface area contributed by atoms with Crippen LogP contribution in [0, 0.1) is 11.8 Å². The van der Waals surface area contributed by atoms with Crippen LogP contribution >= 0.6 is 11.3 Å². The van der Waals surface area contributed by atoms with Crippen molar-refractivity contribution in [2.75, 3.05) is 0 Å². The summed E-state index contributed by atoms with van der Waals surface area (Å²) in [5.41, 5.74) is 2.78. The molecule has 1 aromatic rings. The Balaban J connectivity index is 2.17. The van der Waals surface area contributed by atoms with Gasteiger partial charge >= 0.3 is 0 Å². The fourth-order valence-electron chi connectivity index (χ4n) is 2.19. The van der Waals surface area contributed by atoms with E-state index < -0.39 is 0 Å². The minimum atomic E-state index is 0.537. The third-order valence-corrected chi connectivity index (χ3v) is 4.43. The average molecular weight is 240 g/mol. The molecule has 1 heteroatoms. The van der Waals surface area contributed by atoms with Crippen molar-refractivity contribution in [3.8, 4) is 0 Å². The smallest absolute Gasteiger partial charge is 0.0352 e. The van der Waals surface area contributed by atoms with Gasteiger partial charge in [0.25, 0.3) is 0 Å². The van der Waals surface area contributed by atoms with Gasteiger partial charge in [0.15, 0.2) is 0 Å². The second-order valence-electron chi connectivity index (χ2n) is 4.81. The summed E-state index contributed by atoms with van der Waals surface area (Å²) in [5, 5.41) is 0. The van der Waals surface area contributed by atoms with Crippen molar-refractivity contribution in [2.45, 2.75) is 13.8 Å². The molecular weight excluding hydrogens is 224 g/mol. The summed E-state index contributed by atoms with van der Waals surface area (Å²) >= 11 is 1.89. The monoisotopic (exact) mass is 240 g/mol. The molecule has 2 aliphatic carbocycles. The van der Waals surface area contributed by atoms with E-state index in [0.29, 0.717) is 11.8 Å². The predicted octanol–water partition coefficient (Wildman–Crippen LogP) is 5.10. The van der Waals surface area contributed by atoms with Gasteiger partial charge in [-0.25, -0.2) is 0 Å². The molecule has 2 aliphatic rings. The van der Waals surface area contributed by atoms with Crippen molar-refractivity contribution in [1.82, 2.24) is 0 Å². The molecule has 0 bridgehead atoms. The fourth-order valence-corrected chi connectivity index (χ4v) is 3.29. The predicted molar refractivity (Wildman–Crippen MR) is 78.8 cm³/mol. The van der Waals surface area contributed by atoms with Gasteiger partial charge in [-0.3, -0.25) is 0 Å². The van der Waals surface area contributed by atoms with Crippen molar-refractivity contribution in [1.29, 1.82) is 0 Å². The molecule has 3 rings (SSSR count). The van der Waals surface area contributed by atoms with Crippen LogP contribution in [-0.2, 0) is 0 Å². The van der Waals surface area contributed by atoms with Crippen LogP contribution in [0.4, 0.5) is 0 Å². The van der Waals surface area contributed by atoms with Gasteiger partial charge in [-0.05, 0) is 35.1 Å². The first-order valence-electron chi connectivity index (χ1n) is 6.13. The van der Waals surface area contributed by atoms with Crippen LogP contribution in [0.15, 0.2) is 24.3 Å². The highest BCUT2D eigenvalue weighted by Crippen LogP contribution is 2.36. The molecule has 1 heterocycles. The summed E-state index contributed by atoms with van der Waals surface area (Å²) in [6, 6.07) is 0. The Hall–Kier alpha value is -1.34. The van der Waals surface area contributed by atoms with Crippen molar-refractivity contribution in [3.05, 3.63) is 45.2 Å². The largest absolute Gasteiger partial charge is 0.135 e. The number of allylic oxidation sites excluding steroid dienone is 4. The maximum Gasteiger partial charge on any atom is 0.0352 e. The molecule has 86 valence electrons. The molecular formula is C16H16S. The van der Waals surface area contributed by atoms with Crippen molar-refractivity contribution in [3.63, 3.8) is 0 Å².